The maximum atomic E-state index is 12.0. The number of aliphatic hydroxyl groups excluding tert-OH is 1. The molecule has 0 aromatic heterocycles. The Labute approximate surface area is 126 Å². The van der Waals surface area contributed by atoms with Crippen molar-refractivity contribution in [2.75, 3.05) is 0 Å². The van der Waals surface area contributed by atoms with Crippen LogP contribution in [0, 0.1) is 0 Å². The number of carbonyl (C=O) groups excluding carboxylic acids is 1. The van der Waals surface area contributed by atoms with Crippen molar-refractivity contribution in [1.82, 2.24) is 5.32 Å². The van der Waals surface area contributed by atoms with E-state index < -0.39 is 6.10 Å². The highest BCUT2D eigenvalue weighted by Crippen LogP contribution is 2.33. The molecule has 2 N–H and O–H groups in total. The van der Waals surface area contributed by atoms with E-state index in [4.69, 9.17) is 4.74 Å². The zero-order valence-corrected chi connectivity index (χ0v) is 13.1. The average Bonchev–Trinajstić information content (AvgIpc) is 2.80. The van der Waals surface area contributed by atoms with Crippen molar-refractivity contribution in [3.63, 3.8) is 0 Å². The molecule has 0 aliphatic heterocycles. The monoisotopic (exact) mass is 291 g/mol. The Morgan fingerprint density at radius 1 is 1.48 bits per heavy atom. The second-order valence-corrected chi connectivity index (χ2v) is 5.87. The average molecular weight is 291 g/mol. The molecule has 1 aliphatic rings. The van der Waals surface area contributed by atoms with Gasteiger partial charge in [-0.1, -0.05) is 19.4 Å². The third-order valence-electron chi connectivity index (χ3n) is 3.95. The molecule has 0 saturated heterocycles. The standard InChI is InChI=1S/C17H25NO3/c1-4-5-11(2)18-17(20)12(3)21-14-7-8-15-13(10-14)6-9-16(15)19/h7-8,10-12,16,19H,4-6,9H2,1-3H3,(H,18,20). The maximum Gasteiger partial charge on any atom is 0.260 e. The topological polar surface area (TPSA) is 58.6 Å². The van der Waals surface area contributed by atoms with Crippen LogP contribution in [0.5, 0.6) is 5.75 Å². The van der Waals surface area contributed by atoms with Gasteiger partial charge in [0, 0.05) is 6.04 Å². The molecule has 0 radical (unpaired) electrons. The van der Waals surface area contributed by atoms with Gasteiger partial charge in [-0.05, 0) is 56.4 Å². The van der Waals surface area contributed by atoms with Crippen molar-refractivity contribution in [2.24, 2.45) is 0 Å². The van der Waals surface area contributed by atoms with Crippen LogP contribution >= 0.6 is 0 Å². The predicted molar refractivity (Wildman–Crippen MR) is 82.3 cm³/mol. The van der Waals surface area contributed by atoms with Crippen molar-refractivity contribution >= 4 is 5.91 Å². The summed E-state index contributed by atoms with van der Waals surface area (Å²) in [4.78, 5) is 12.0. The molecule has 1 aliphatic carbocycles. The van der Waals surface area contributed by atoms with Crippen LogP contribution in [0.25, 0.3) is 0 Å². The van der Waals surface area contributed by atoms with Gasteiger partial charge in [-0.2, -0.15) is 0 Å². The highest BCUT2D eigenvalue weighted by molar-refractivity contribution is 5.80. The number of benzene rings is 1. The number of hydrogen-bond donors (Lipinski definition) is 2. The van der Waals surface area contributed by atoms with Gasteiger partial charge in [-0.25, -0.2) is 0 Å². The molecule has 0 heterocycles. The highest BCUT2D eigenvalue weighted by Gasteiger charge is 2.22. The molecule has 0 bridgehead atoms. The number of carbonyl (C=O) groups is 1. The van der Waals surface area contributed by atoms with Crippen LogP contribution in [-0.4, -0.2) is 23.2 Å². The van der Waals surface area contributed by atoms with Gasteiger partial charge in [0.05, 0.1) is 6.10 Å². The van der Waals surface area contributed by atoms with Gasteiger partial charge < -0.3 is 15.2 Å². The normalized spacial score (nSPS) is 19.7. The Kier molecular flexibility index (Phi) is 5.23. The minimum atomic E-state index is -0.520. The Morgan fingerprint density at radius 3 is 2.95 bits per heavy atom. The predicted octanol–water partition coefficient (Wildman–Crippen LogP) is 2.74. The van der Waals surface area contributed by atoms with E-state index in [0.29, 0.717) is 5.75 Å². The second kappa shape index (κ2) is 6.94. The summed E-state index contributed by atoms with van der Waals surface area (Å²) in [6.45, 7) is 5.86. The summed E-state index contributed by atoms with van der Waals surface area (Å²) in [6, 6.07) is 5.83. The number of rotatable bonds is 6. The first-order chi connectivity index (χ1) is 10.0. The fraction of sp³-hybridized carbons (Fsp3) is 0.588. The number of aliphatic hydroxyl groups is 1. The zero-order valence-electron chi connectivity index (χ0n) is 13.1. The van der Waals surface area contributed by atoms with E-state index in [1.165, 1.54) is 0 Å². The van der Waals surface area contributed by atoms with Gasteiger partial charge >= 0.3 is 0 Å². The van der Waals surface area contributed by atoms with E-state index in [1.54, 1.807) is 6.92 Å². The van der Waals surface area contributed by atoms with Crippen LogP contribution in [0.3, 0.4) is 0 Å². The molecule has 0 spiro atoms. The lowest BCUT2D eigenvalue weighted by molar-refractivity contribution is -0.127. The van der Waals surface area contributed by atoms with Gasteiger partial charge in [-0.3, -0.25) is 4.79 Å². The second-order valence-electron chi connectivity index (χ2n) is 5.87. The largest absolute Gasteiger partial charge is 0.481 e. The number of amides is 1. The minimum Gasteiger partial charge on any atom is -0.481 e. The Morgan fingerprint density at radius 2 is 2.24 bits per heavy atom. The summed E-state index contributed by atoms with van der Waals surface area (Å²) >= 11 is 0. The first-order valence-electron chi connectivity index (χ1n) is 7.79. The fourth-order valence-corrected chi connectivity index (χ4v) is 2.77. The molecule has 21 heavy (non-hydrogen) atoms. The first-order valence-corrected chi connectivity index (χ1v) is 7.79. The smallest absolute Gasteiger partial charge is 0.260 e. The number of nitrogens with one attached hydrogen (secondary N) is 1. The molecule has 3 atom stereocenters. The summed E-state index contributed by atoms with van der Waals surface area (Å²) < 4.78 is 5.72. The van der Waals surface area contributed by atoms with Crippen molar-refractivity contribution in [2.45, 2.75) is 64.7 Å². The van der Waals surface area contributed by atoms with Crippen LogP contribution in [0.1, 0.15) is 57.3 Å². The van der Waals surface area contributed by atoms with E-state index >= 15 is 0 Å². The Bertz CT molecular complexity index is 501. The zero-order chi connectivity index (χ0) is 15.4. The molecule has 2 rings (SSSR count). The van der Waals surface area contributed by atoms with Crippen molar-refractivity contribution < 1.29 is 14.6 Å². The minimum absolute atomic E-state index is 0.0866. The van der Waals surface area contributed by atoms with Gasteiger partial charge in [-0.15, -0.1) is 0 Å². The SMILES string of the molecule is CCCC(C)NC(=O)C(C)Oc1ccc2c(c1)CCC2O. The molecule has 4 heteroatoms. The Balaban J connectivity index is 1.93. The molecule has 116 valence electrons. The number of fused-ring (bicyclic) bond motifs is 1. The summed E-state index contributed by atoms with van der Waals surface area (Å²) in [5.41, 5.74) is 2.10. The van der Waals surface area contributed by atoms with Crippen LogP contribution in [-0.2, 0) is 11.2 Å². The van der Waals surface area contributed by atoms with Gasteiger partial charge in [0.15, 0.2) is 6.10 Å². The molecular weight excluding hydrogens is 266 g/mol. The molecule has 0 saturated carbocycles. The lowest BCUT2D eigenvalue weighted by atomic mass is 10.1. The molecule has 3 unspecified atom stereocenters. The summed E-state index contributed by atoms with van der Waals surface area (Å²) in [5.74, 6) is 0.602. The summed E-state index contributed by atoms with van der Waals surface area (Å²) in [6.07, 6.45) is 2.77. The van der Waals surface area contributed by atoms with E-state index in [-0.39, 0.29) is 18.1 Å². The lowest BCUT2D eigenvalue weighted by Crippen LogP contribution is -2.41. The first kappa shape index (κ1) is 15.8. The summed E-state index contributed by atoms with van der Waals surface area (Å²) in [5, 5.41) is 12.7. The van der Waals surface area contributed by atoms with Crippen molar-refractivity contribution in [3.8, 4) is 5.75 Å². The van der Waals surface area contributed by atoms with Crippen molar-refractivity contribution in [3.05, 3.63) is 29.3 Å². The highest BCUT2D eigenvalue weighted by atomic mass is 16.5. The summed E-state index contributed by atoms with van der Waals surface area (Å²) in [7, 11) is 0. The van der Waals surface area contributed by atoms with Crippen LogP contribution in [0.2, 0.25) is 0 Å². The Hall–Kier alpha value is -1.55. The molecule has 0 fully saturated rings. The van der Waals surface area contributed by atoms with Crippen LogP contribution in [0.4, 0.5) is 0 Å². The van der Waals surface area contributed by atoms with E-state index in [2.05, 4.69) is 12.2 Å². The molecule has 1 aromatic rings. The number of ether oxygens (including phenoxy) is 1. The molecular formula is C17H25NO3. The molecule has 1 amide bonds. The third kappa shape index (κ3) is 3.97. The van der Waals surface area contributed by atoms with Crippen molar-refractivity contribution in [1.29, 1.82) is 0 Å². The third-order valence-corrected chi connectivity index (χ3v) is 3.95. The van der Waals surface area contributed by atoms with Gasteiger partial charge in [0.1, 0.15) is 5.75 Å². The maximum absolute atomic E-state index is 12.0. The van der Waals surface area contributed by atoms with Crippen LogP contribution < -0.4 is 10.1 Å². The van der Waals surface area contributed by atoms with E-state index in [0.717, 1.165) is 36.8 Å². The van der Waals surface area contributed by atoms with Gasteiger partial charge in [0.2, 0.25) is 0 Å². The quantitative estimate of drug-likeness (QED) is 0.847. The number of hydrogen-bond acceptors (Lipinski definition) is 3. The van der Waals surface area contributed by atoms with E-state index in [9.17, 15) is 9.90 Å². The van der Waals surface area contributed by atoms with E-state index in [1.807, 2.05) is 25.1 Å². The van der Waals surface area contributed by atoms with Gasteiger partial charge in [0.25, 0.3) is 5.91 Å². The number of aryl methyl sites for hydroxylation is 1. The lowest BCUT2D eigenvalue weighted by Gasteiger charge is -2.18. The fourth-order valence-electron chi connectivity index (χ4n) is 2.77. The molecule has 4 nitrogen and oxygen atoms in total. The molecule has 1 aromatic carbocycles. The van der Waals surface area contributed by atoms with Crippen LogP contribution in [0.15, 0.2) is 18.2 Å².